The molecule has 2 saturated carbocycles. The third kappa shape index (κ3) is 1.82. The number of nitrogens with one attached hydrogen (secondary N) is 1. The second kappa shape index (κ2) is 3.97. The molecule has 0 radical (unpaired) electrons. The second-order valence-electron chi connectivity index (χ2n) is 6.53. The van der Waals surface area contributed by atoms with Crippen LogP contribution in [0.2, 0.25) is 0 Å². The van der Waals surface area contributed by atoms with Gasteiger partial charge < -0.3 is 10.2 Å². The zero-order valence-electron chi connectivity index (χ0n) is 11.2. The largest absolute Gasteiger partial charge is 0.340 e. The summed E-state index contributed by atoms with van der Waals surface area (Å²) < 4.78 is 0. The van der Waals surface area contributed by atoms with Gasteiger partial charge in [0.2, 0.25) is 11.8 Å². The van der Waals surface area contributed by atoms with E-state index in [1.807, 2.05) is 11.8 Å². The molecular formula is C14H22N2O2. The van der Waals surface area contributed by atoms with E-state index in [4.69, 9.17) is 0 Å². The van der Waals surface area contributed by atoms with Crippen LogP contribution >= 0.6 is 0 Å². The second-order valence-corrected chi connectivity index (χ2v) is 6.53. The van der Waals surface area contributed by atoms with Crippen LogP contribution in [0.3, 0.4) is 0 Å². The molecule has 100 valence electrons. The van der Waals surface area contributed by atoms with Crippen molar-refractivity contribution in [2.75, 3.05) is 6.54 Å². The maximum absolute atomic E-state index is 12.7. The fourth-order valence-corrected chi connectivity index (χ4v) is 3.60. The van der Waals surface area contributed by atoms with Crippen LogP contribution in [0.15, 0.2) is 0 Å². The first-order valence-corrected chi connectivity index (χ1v) is 7.13. The summed E-state index contributed by atoms with van der Waals surface area (Å²) >= 11 is 0. The van der Waals surface area contributed by atoms with E-state index in [2.05, 4.69) is 12.2 Å². The van der Waals surface area contributed by atoms with Gasteiger partial charge in [0.25, 0.3) is 0 Å². The number of hydrogen-bond acceptors (Lipinski definition) is 2. The third-order valence-electron chi connectivity index (χ3n) is 4.92. The monoisotopic (exact) mass is 250 g/mol. The molecule has 3 rings (SSSR count). The molecule has 1 N–H and O–H groups in total. The van der Waals surface area contributed by atoms with Gasteiger partial charge in [-0.1, -0.05) is 6.92 Å². The van der Waals surface area contributed by atoms with Crippen molar-refractivity contribution >= 4 is 11.8 Å². The van der Waals surface area contributed by atoms with Gasteiger partial charge in [0, 0.05) is 6.04 Å². The average Bonchev–Trinajstić information content (AvgIpc) is 3.08. The van der Waals surface area contributed by atoms with Gasteiger partial charge >= 0.3 is 0 Å². The Bertz CT molecular complexity index is 391. The quantitative estimate of drug-likeness (QED) is 0.803. The van der Waals surface area contributed by atoms with Crippen molar-refractivity contribution < 1.29 is 9.59 Å². The van der Waals surface area contributed by atoms with E-state index >= 15 is 0 Å². The lowest BCUT2D eigenvalue weighted by atomic mass is 9.90. The first-order valence-electron chi connectivity index (χ1n) is 7.13. The Morgan fingerprint density at radius 2 is 1.94 bits per heavy atom. The SMILES string of the molecule is CC1CCC(N2CC(=O)NC(C)(C3CC3)C2=O)C1. The van der Waals surface area contributed by atoms with Crippen molar-refractivity contribution in [3.63, 3.8) is 0 Å². The number of piperazine rings is 1. The van der Waals surface area contributed by atoms with Gasteiger partial charge in [-0.05, 0) is 50.9 Å². The fourth-order valence-electron chi connectivity index (χ4n) is 3.60. The van der Waals surface area contributed by atoms with Crippen LogP contribution in [0.1, 0.15) is 46.0 Å². The molecule has 0 aromatic carbocycles. The van der Waals surface area contributed by atoms with Gasteiger partial charge in [-0.15, -0.1) is 0 Å². The van der Waals surface area contributed by atoms with Crippen molar-refractivity contribution in [1.29, 1.82) is 0 Å². The zero-order valence-corrected chi connectivity index (χ0v) is 11.2. The summed E-state index contributed by atoms with van der Waals surface area (Å²) in [4.78, 5) is 26.4. The van der Waals surface area contributed by atoms with Crippen LogP contribution in [0.25, 0.3) is 0 Å². The predicted molar refractivity (Wildman–Crippen MR) is 67.8 cm³/mol. The first kappa shape index (κ1) is 12.0. The fraction of sp³-hybridized carbons (Fsp3) is 0.857. The van der Waals surface area contributed by atoms with Gasteiger partial charge in [0.15, 0.2) is 0 Å². The van der Waals surface area contributed by atoms with Crippen LogP contribution in [-0.2, 0) is 9.59 Å². The van der Waals surface area contributed by atoms with E-state index in [-0.39, 0.29) is 24.4 Å². The molecular weight excluding hydrogens is 228 g/mol. The number of carbonyl (C=O) groups is 2. The van der Waals surface area contributed by atoms with E-state index in [9.17, 15) is 9.59 Å². The summed E-state index contributed by atoms with van der Waals surface area (Å²) in [5.41, 5.74) is -0.624. The highest BCUT2D eigenvalue weighted by Gasteiger charge is 2.53. The molecule has 0 bridgehead atoms. The molecule has 2 aliphatic carbocycles. The van der Waals surface area contributed by atoms with Crippen LogP contribution in [0.5, 0.6) is 0 Å². The Hall–Kier alpha value is -1.06. The Kier molecular flexibility index (Phi) is 2.65. The summed E-state index contributed by atoms with van der Waals surface area (Å²) in [6, 6.07) is 0.289. The van der Waals surface area contributed by atoms with Crippen molar-refractivity contribution in [3.8, 4) is 0 Å². The van der Waals surface area contributed by atoms with Crippen LogP contribution in [-0.4, -0.2) is 34.8 Å². The van der Waals surface area contributed by atoms with Crippen LogP contribution < -0.4 is 5.32 Å². The number of amides is 2. The van der Waals surface area contributed by atoms with Gasteiger partial charge in [-0.2, -0.15) is 0 Å². The minimum Gasteiger partial charge on any atom is -0.340 e. The topological polar surface area (TPSA) is 49.4 Å². The smallest absolute Gasteiger partial charge is 0.249 e. The summed E-state index contributed by atoms with van der Waals surface area (Å²) in [6.45, 7) is 4.41. The molecule has 3 aliphatic rings. The standard InChI is InChI=1S/C14H22N2O2/c1-9-3-6-11(7-9)16-8-12(17)15-14(2,13(16)18)10-4-5-10/h9-11H,3-8H2,1-2H3,(H,15,17). The molecule has 1 heterocycles. The van der Waals surface area contributed by atoms with Gasteiger partial charge in [0.05, 0.1) is 6.54 Å². The van der Waals surface area contributed by atoms with E-state index in [1.165, 1.54) is 6.42 Å². The van der Waals surface area contributed by atoms with Crippen molar-refractivity contribution in [2.24, 2.45) is 11.8 Å². The lowest BCUT2D eigenvalue weighted by Gasteiger charge is -2.42. The minimum atomic E-state index is -0.624. The van der Waals surface area contributed by atoms with E-state index < -0.39 is 5.54 Å². The molecule has 1 saturated heterocycles. The van der Waals surface area contributed by atoms with Crippen LogP contribution in [0.4, 0.5) is 0 Å². The molecule has 0 aromatic rings. The lowest BCUT2D eigenvalue weighted by Crippen LogP contribution is -2.67. The normalized spacial score (nSPS) is 41.1. The molecule has 4 heteroatoms. The molecule has 3 atom stereocenters. The average molecular weight is 250 g/mol. The number of rotatable bonds is 2. The first-order chi connectivity index (χ1) is 8.50. The van der Waals surface area contributed by atoms with E-state index in [0.29, 0.717) is 11.8 Å². The zero-order chi connectivity index (χ0) is 12.9. The van der Waals surface area contributed by atoms with Crippen LogP contribution in [0, 0.1) is 11.8 Å². The molecule has 3 fully saturated rings. The molecule has 2 amide bonds. The van der Waals surface area contributed by atoms with Gasteiger partial charge in [-0.3, -0.25) is 9.59 Å². The van der Waals surface area contributed by atoms with Crippen molar-refractivity contribution in [2.45, 2.75) is 57.5 Å². The van der Waals surface area contributed by atoms with E-state index in [1.54, 1.807) is 0 Å². The Balaban J connectivity index is 1.81. The summed E-state index contributed by atoms with van der Waals surface area (Å²) in [5.74, 6) is 1.21. The minimum absolute atomic E-state index is 0.0172. The summed E-state index contributed by atoms with van der Waals surface area (Å²) in [5, 5.41) is 2.94. The highest BCUT2D eigenvalue weighted by atomic mass is 16.2. The highest BCUT2D eigenvalue weighted by Crippen LogP contribution is 2.42. The summed E-state index contributed by atoms with van der Waals surface area (Å²) in [6.07, 6.45) is 5.42. The predicted octanol–water partition coefficient (Wildman–Crippen LogP) is 1.30. The van der Waals surface area contributed by atoms with E-state index in [0.717, 1.165) is 25.7 Å². The van der Waals surface area contributed by atoms with Crippen molar-refractivity contribution in [3.05, 3.63) is 0 Å². The molecule has 1 aliphatic heterocycles. The number of nitrogens with zero attached hydrogens (tertiary/aromatic N) is 1. The van der Waals surface area contributed by atoms with Crippen molar-refractivity contribution in [1.82, 2.24) is 10.2 Å². The maximum Gasteiger partial charge on any atom is 0.249 e. The highest BCUT2D eigenvalue weighted by molar-refractivity contribution is 5.98. The number of hydrogen-bond donors (Lipinski definition) is 1. The molecule has 18 heavy (non-hydrogen) atoms. The Morgan fingerprint density at radius 1 is 1.22 bits per heavy atom. The van der Waals surface area contributed by atoms with Gasteiger partial charge in [-0.25, -0.2) is 0 Å². The Labute approximate surface area is 108 Å². The molecule has 4 nitrogen and oxygen atoms in total. The lowest BCUT2D eigenvalue weighted by molar-refractivity contribution is -0.152. The third-order valence-corrected chi connectivity index (χ3v) is 4.92. The molecule has 0 aromatic heterocycles. The summed E-state index contributed by atoms with van der Waals surface area (Å²) in [7, 11) is 0. The number of carbonyl (C=O) groups excluding carboxylic acids is 2. The maximum atomic E-state index is 12.7. The van der Waals surface area contributed by atoms with Gasteiger partial charge in [0.1, 0.15) is 5.54 Å². The Morgan fingerprint density at radius 3 is 2.50 bits per heavy atom. The molecule has 0 spiro atoms. The molecule has 3 unspecified atom stereocenters.